The van der Waals surface area contributed by atoms with E-state index in [0.717, 1.165) is 29.9 Å². The van der Waals surface area contributed by atoms with E-state index in [1.807, 2.05) is 36.1 Å². The van der Waals surface area contributed by atoms with Gasteiger partial charge in [-0.1, -0.05) is 23.7 Å². The first kappa shape index (κ1) is 18.6. The van der Waals surface area contributed by atoms with Gasteiger partial charge in [0.05, 0.1) is 24.0 Å². The number of aryl methyl sites for hydroxylation is 1. The Bertz CT molecular complexity index is 953. The van der Waals surface area contributed by atoms with Crippen molar-refractivity contribution in [3.05, 3.63) is 76.5 Å². The molecule has 3 aromatic rings. The number of benzene rings is 1. The van der Waals surface area contributed by atoms with Crippen LogP contribution in [0.25, 0.3) is 0 Å². The van der Waals surface area contributed by atoms with Crippen molar-refractivity contribution >= 4 is 17.5 Å². The largest absolute Gasteiger partial charge is 0.445 e. The molecule has 1 atom stereocenters. The van der Waals surface area contributed by atoms with E-state index in [0.29, 0.717) is 36.1 Å². The molecule has 2 aromatic heterocycles. The van der Waals surface area contributed by atoms with Gasteiger partial charge < -0.3 is 9.32 Å². The Morgan fingerprint density at radius 2 is 2.00 bits per heavy atom. The minimum absolute atomic E-state index is 0.0925. The smallest absolute Gasteiger partial charge is 0.274 e. The maximum Gasteiger partial charge on any atom is 0.274 e. The second-order valence-corrected chi connectivity index (χ2v) is 7.54. The van der Waals surface area contributed by atoms with Crippen LogP contribution in [-0.2, 0) is 6.42 Å². The molecule has 1 saturated heterocycles. The third kappa shape index (κ3) is 4.22. The molecular formula is C21H21ClN4O2. The quantitative estimate of drug-likeness (QED) is 0.665. The van der Waals surface area contributed by atoms with E-state index in [1.165, 1.54) is 6.20 Å². The summed E-state index contributed by atoms with van der Waals surface area (Å²) in [6.45, 7) is 3.14. The zero-order valence-electron chi connectivity index (χ0n) is 15.6. The minimum atomic E-state index is -0.0925. The van der Waals surface area contributed by atoms with Crippen LogP contribution >= 0.6 is 11.6 Å². The molecule has 1 fully saturated rings. The van der Waals surface area contributed by atoms with Gasteiger partial charge >= 0.3 is 0 Å². The maximum absolute atomic E-state index is 12.7. The van der Waals surface area contributed by atoms with Crippen molar-refractivity contribution in [2.75, 3.05) is 13.1 Å². The highest BCUT2D eigenvalue weighted by Crippen LogP contribution is 2.28. The first-order valence-electron chi connectivity index (χ1n) is 9.35. The normalized spacial score (nSPS) is 16.9. The number of carbonyl (C=O) groups excluding carboxylic acids is 1. The van der Waals surface area contributed by atoms with Gasteiger partial charge in [-0.3, -0.25) is 9.78 Å². The Morgan fingerprint density at radius 1 is 1.18 bits per heavy atom. The number of hydrogen-bond acceptors (Lipinski definition) is 5. The van der Waals surface area contributed by atoms with E-state index in [9.17, 15) is 4.79 Å². The number of rotatable bonds is 4. The molecule has 0 saturated carbocycles. The molecule has 1 amide bonds. The van der Waals surface area contributed by atoms with Gasteiger partial charge in [0.1, 0.15) is 11.5 Å². The van der Waals surface area contributed by atoms with Gasteiger partial charge in [0, 0.05) is 30.7 Å². The van der Waals surface area contributed by atoms with Gasteiger partial charge in [0.25, 0.3) is 5.91 Å². The number of carbonyl (C=O) groups is 1. The molecule has 0 spiro atoms. The highest BCUT2D eigenvalue weighted by atomic mass is 35.5. The molecule has 1 aliphatic rings. The zero-order chi connectivity index (χ0) is 19.5. The number of piperidine rings is 1. The molecule has 7 heteroatoms. The third-order valence-electron chi connectivity index (χ3n) is 4.92. The third-order valence-corrected chi connectivity index (χ3v) is 5.17. The number of nitrogens with zero attached hydrogens (tertiary/aromatic N) is 4. The number of likely N-dealkylation sites (tertiary alicyclic amines) is 1. The Morgan fingerprint density at radius 3 is 2.75 bits per heavy atom. The van der Waals surface area contributed by atoms with E-state index in [1.54, 1.807) is 12.4 Å². The fraction of sp³-hybridized carbons (Fsp3) is 0.333. The molecule has 1 aromatic carbocycles. The van der Waals surface area contributed by atoms with Crippen LogP contribution in [0.2, 0.25) is 5.02 Å². The summed E-state index contributed by atoms with van der Waals surface area (Å²) in [6.07, 6.45) is 7.45. The van der Waals surface area contributed by atoms with Crippen LogP contribution in [0.4, 0.5) is 0 Å². The second kappa shape index (κ2) is 8.10. The monoisotopic (exact) mass is 396 g/mol. The average molecular weight is 397 g/mol. The fourth-order valence-electron chi connectivity index (χ4n) is 3.42. The summed E-state index contributed by atoms with van der Waals surface area (Å²) in [7, 11) is 0. The first-order valence-corrected chi connectivity index (χ1v) is 9.73. The summed E-state index contributed by atoms with van der Waals surface area (Å²) < 4.78 is 6.00. The Labute approximate surface area is 168 Å². The van der Waals surface area contributed by atoms with Crippen molar-refractivity contribution in [2.24, 2.45) is 0 Å². The molecule has 0 N–H and O–H groups in total. The Kier molecular flexibility index (Phi) is 5.39. The van der Waals surface area contributed by atoms with E-state index in [4.69, 9.17) is 16.0 Å². The summed E-state index contributed by atoms with van der Waals surface area (Å²) in [6, 6.07) is 7.70. The van der Waals surface area contributed by atoms with Gasteiger partial charge in [-0.15, -0.1) is 0 Å². The molecule has 0 aliphatic carbocycles. The molecular weight excluding hydrogens is 376 g/mol. The van der Waals surface area contributed by atoms with Crippen LogP contribution in [-0.4, -0.2) is 38.8 Å². The van der Waals surface area contributed by atoms with E-state index in [2.05, 4.69) is 15.0 Å². The number of amides is 1. The predicted octanol–water partition coefficient (Wildman–Crippen LogP) is 4.04. The molecule has 1 unspecified atom stereocenters. The maximum atomic E-state index is 12.7. The molecule has 144 valence electrons. The summed E-state index contributed by atoms with van der Waals surface area (Å²) in [5.74, 6) is 1.50. The van der Waals surface area contributed by atoms with Crippen LogP contribution < -0.4 is 0 Å². The van der Waals surface area contributed by atoms with Crippen molar-refractivity contribution in [3.8, 4) is 0 Å². The molecule has 28 heavy (non-hydrogen) atoms. The molecule has 3 heterocycles. The van der Waals surface area contributed by atoms with Gasteiger partial charge in [-0.05, 0) is 37.5 Å². The lowest BCUT2D eigenvalue weighted by Crippen LogP contribution is -2.39. The van der Waals surface area contributed by atoms with Crippen molar-refractivity contribution in [1.29, 1.82) is 0 Å². The Hall–Kier alpha value is -2.73. The van der Waals surface area contributed by atoms with Crippen molar-refractivity contribution in [1.82, 2.24) is 19.9 Å². The number of aromatic nitrogens is 3. The standard InChI is InChI=1S/C21H21ClN4O2/c1-14-10-24-19(12-23-14)21(27)26-8-2-3-16(13-26)20-25-11-18(28-20)9-15-4-6-17(22)7-5-15/h4-7,10-12,16H,2-3,8-9,13H2,1H3. The van der Waals surface area contributed by atoms with Crippen molar-refractivity contribution in [3.63, 3.8) is 0 Å². The van der Waals surface area contributed by atoms with Crippen LogP contribution in [0.3, 0.4) is 0 Å². The molecule has 0 bridgehead atoms. The summed E-state index contributed by atoms with van der Waals surface area (Å²) in [5, 5.41) is 0.715. The van der Waals surface area contributed by atoms with Crippen LogP contribution in [0, 0.1) is 6.92 Å². The topological polar surface area (TPSA) is 72.1 Å². The molecule has 1 aliphatic heterocycles. The van der Waals surface area contributed by atoms with Gasteiger partial charge in [0.2, 0.25) is 0 Å². The van der Waals surface area contributed by atoms with Crippen LogP contribution in [0.1, 0.15) is 52.2 Å². The zero-order valence-corrected chi connectivity index (χ0v) is 16.4. The van der Waals surface area contributed by atoms with Crippen LogP contribution in [0.15, 0.2) is 47.3 Å². The average Bonchev–Trinajstić information content (AvgIpc) is 3.18. The number of hydrogen-bond donors (Lipinski definition) is 0. The SMILES string of the molecule is Cc1cnc(C(=O)N2CCCC(c3ncc(Cc4ccc(Cl)cc4)o3)C2)cn1. The second-order valence-electron chi connectivity index (χ2n) is 7.10. The fourth-order valence-corrected chi connectivity index (χ4v) is 3.55. The molecule has 6 nitrogen and oxygen atoms in total. The predicted molar refractivity (Wildman–Crippen MR) is 105 cm³/mol. The number of oxazole rings is 1. The minimum Gasteiger partial charge on any atom is -0.445 e. The van der Waals surface area contributed by atoms with Gasteiger partial charge in [-0.25, -0.2) is 9.97 Å². The lowest BCUT2D eigenvalue weighted by Gasteiger charge is -2.31. The van der Waals surface area contributed by atoms with Gasteiger partial charge in [0.15, 0.2) is 5.89 Å². The molecule has 0 radical (unpaired) electrons. The van der Waals surface area contributed by atoms with Crippen molar-refractivity contribution in [2.45, 2.75) is 32.1 Å². The van der Waals surface area contributed by atoms with Crippen molar-refractivity contribution < 1.29 is 9.21 Å². The highest BCUT2D eigenvalue weighted by molar-refractivity contribution is 6.30. The summed E-state index contributed by atoms with van der Waals surface area (Å²) >= 11 is 5.94. The lowest BCUT2D eigenvalue weighted by molar-refractivity contribution is 0.0691. The van der Waals surface area contributed by atoms with E-state index in [-0.39, 0.29) is 11.8 Å². The van der Waals surface area contributed by atoms with E-state index >= 15 is 0 Å². The molecule has 4 rings (SSSR count). The summed E-state index contributed by atoms with van der Waals surface area (Å²) in [5.41, 5.74) is 2.29. The number of halogens is 1. The summed E-state index contributed by atoms with van der Waals surface area (Å²) in [4.78, 5) is 27.4. The van der Waals surface area contributed by atoms with E-state index < -0.39 is 0 Å². The first-order chi connectivity index (χ1) is 13.6. The highest BCUT2D eigenvalue weighted by Gasteiger charge is 2.29. The van der Waals surface area contributed by atoms with Gasteiger partial charge in [-0.2, -0.15) is 0 Å². The van der Waals surface area contributed by atoms with Crippen LogP contribution in [0.5, 0.6) is 0 Å². The lowest BCUT2D eigenvalue weighted by atomic mass is 9.98. The Balaban J connectivity index is 1.43.